The fourth-order valence-electron chi connectivity index (χ4n) is 2.53. The van der Waals surface area contributed by atoms with Gasteiger partial charge in [-0.05, 0) is 52.6 Å². The molecule has 1 aromatic heterocycles. The van der Waals surface area contributed by atoms with E-state index in [1.807, 2.05) is 19.1 Å². The Kier molecular flexibility index (Phi) is 3.53. The molecule has 0 aliphatic carbocycles. The molecule has 0 radical (unpaired) electrons. The summed E-state index contributed by atoms with van der Waals surface area (Å²) in [4.78, 5) is 0. The first-order chi connectivity index (χ1) is 9.70. The van der Waals surface area contributed by atoms with Crippen LogP contribution in [0.4, 0.5) is 4.39 Å². The summed E-state index contributed by atoms with van der Waals surface area (Å²) in [5.41, 5.74) is 5.87. The smallest absolute Gasteiger partial charge is 0.123 e. The van der Waals surface area contributed by atoms with Crippen molar-refractivity contribution in [1.82, 2.24) is 5.43 Å². The Balaban J connectivity index is 2.14. The number of hydrazine groups is 1. The van der Waals surface area contributed by atoms with Gasteiger partial charge < -0.3 is 0 Å². The third-order valence-corrected chi connectivity index (χ3v) is 4.51. The lowest BCUT2D eigenvalue weighted by molar-refractivity contribution is 0.614. The molecule has 2 nitrogen and oxygen atoms in total. The molecule has 3 rings (SSSR count). The van der Waals surface area contributed by atoms with E-state index in [0.717, 1.165) is 16.7 Å². The van der Waals surface area contributed by atoms with Crippen molar-refractivity contribution in [3.8, 4) is 0 Å². The maximum atomic E-state index is 13.3. The summed E-state index contributed by atoms with van der Waals surface area (Å²) in [5, 5.41) is 3.29. The lowest BCUT2D eigenvalue weighted by atomic mass is 9.95. The van der Waals surface area contributed by atoms with Crippen LogP contribution >= 0.6 is 11.3 Å². The van der Waals surface area contributed by atoms with Crippen LogP contribution in [0.15, 0.2) is 47.8 Å². The summed E-state index contributed by atoms with van der Waals surface area (Å²) in [7, 11) is 0. The third-order valence-electron chi connectivity index (χ3n) is 3.53. The first-order valence-electron chi connectivity index (χ1n) is 6.39. The molecule has 0 saturated carbocycles. The number of rotatable bonds is 3. The Labute approximate surface area is 121 Å². The fourth-order valence-corrected chi connectivity index (χ4v) is 3.52. The van der Waals surface area contributed by atoms with Gasteiger partial charge in [-0.25, -0.2) is 9.82 Å². The van der Waals surface area contributed by atoms with Crippen LogP contribution < -0.4 is 11.3 Å². The molecule has 0 aliphatic rings. The molecule has 0 bridgehead atoms. The molecule has 0 saturated heterocycles. The molecular weight excluding hydrogens is 271 g/mol. The average Bonchev–Trinajstić information content (AvgIpc) is 2.86. The average molecular weight is 286 g/mol. The first kappa shape index (κ1) is 13.2. The molecule has 0 spiro atoms. The van der Waals surface area contributed by atoms with E-state index in [1.54, 1.807) is 17.4 Å². The maximum Gasteiger partial charge on any atom is 0.123 e. The maximum absolute atomic E-state index is 13.3. The second-order valence-corrected chi connectivity index (χ2v) is 5.70. The highest BCUT2D eigenvalue weighted by atomic mass is 32.1. The van der Waals surface area contributed by atoms with Gasteiger partial charge in [0.25, 0.3) is 0 Å². The van der Waals surface area contributed by atoms with E-state index in [4.69, 9.17) is 5.84 Å². The van der Waals surface area contributed by atoms with Crippen LogP contribution in [0, 0.1) is 12.7 Å². The Morgan fingerprint density at radius 3 is 2.70 bits per heavy atom. The minimum atomic E-state index is -0.225. The molecule has 1 atom stereocenters. The number of halogens is 1. The second-order valence-electron chi connectivity index (χ2n) is 4.79. The normalized spacial score (nSPS) is 12.8. The van der Waals surface area contributed by atoms with Crippen molar-refractivity contribution in [2.45, 2.75) is 13.0 Å². The summed E-state index contributed by atoms with van der Waals surface area (Å²) in [6.07, 6.45) is 0. The van der Waals surface area contributed by atoms with Crippen LogP contribution in [0.2, 0.25) is 0 Å². The highest BCUT2D eigenvalue weighted by Gasteiger charge is 2.18. The molecule has 102 valence electrons. The lowest BCUT2D eigenvalue weighted by Gasteiger charge is -2.18. The van der Waals surface area contributed by atoms with E-state index >= 15 is 0 Å². The molecule has 1 heterocycles. The minimum Gasteiger partial charge on any atom is -0.271 e. The molecule has 4 heteroatoms. The minimum absolute atomic E-state index is 0.133. The molecule has 3 N–H and O–H groups in total. The van der Waals surface area contributed by atoms with Gasteiger partial charge >= 0.3 is 0 Å². The number of fused-ring (bicyclic) bond motifs is 1. The Morgan fingerprint density at radius 2 is 1.95 bits per heavy atom. The zero-order chi connectivity index (χ0) is 14.1. The zero-order valence-corrected chi connectivity index (χ0v) is 11.9. The number of aryl methyl sites for hydroxylation is 1. The van der Waals surface area contributed by atoms with Gasteiger partial charge in [0.15, 0.2) is 0 Å². The number of benzene rings is 2. The predicted octanol–water partition coefficient (Wildman–Crippen LogP) is 3.90. The molecule has 0 amide bonds. The van der Waals surface area contributed by atoms with E-state index < -0.39 is 0 Å². The van der Waals surface area contributed by atoms with Gasteiger partial charge in [0.05, 0.1) is 6.04 Å². The summed E-state index contributed by atoms with van der Waals surface area (Å²) in [6, 6.07) is 12.9. The standard InChI is InChI=1S/C16H15FN2S/c1-10-8-11(17)6-7-12(10)16(19-18)14-9-20-15-5-3-2-4-13(14)15/h2-9,16,19H,18H2,1H3. The quantitative estimate of drug-likeness (QED) is 0.566. The number of nitrogens with two attached hydrogens (primary N) is 1. The van der Waals surface area contributed by atoms with Crippen molar-refractivity contribution >= 4 is 21.4 Å². The predicted molar refractivity (Wildman–Crippen MR) is 82.1 cm³/mol. The molecule has 0 fully saturated rings. The number of thiophene rings is 1. The van der Waals surface area contributed by atoms with Gasteiger partial charge in [-0.3, -0.25) is 5.84 Å². The van der Waals surface area contributed by atoms with Crippen LogP contribution in [-0.4, -0.2) is 0 Å². The zero-order valence-electron chi connectivity index (χ0n) is 11.1. The lowest BCUT2D eigenvalue weighted by Crippen LogP contribution is -2.29. The second kappa shape index (κ2) is 5.32. The van der Waals surface area contributed by atoms with Gasteiger partial charge in [-0.1, -0.05) is 24.3 Å². The largest absolute Gasteiger partial charge is 0.271 e. The summed E-state index contributed by atoms with van der Waals surface area (Å²) in [5.74, 6) is 5.53. The highest BCUT2D eigenvalue weighted by molar-refractivity contribution is 7.17. The van der Waals surface area contributed by atoms with E-state index in [-0.39, 0.29) is 11.9 Å². The van der Waals surface area contributed by atoms with Crippen molar-refractivity contribution in [1.29, 1.82) is 0 Å². The SMILES string of the molecule is Cc1cc(F)ccc1C(NN)c1csc2ccccc12. The molecular formula is C16H15FN2S. The van der Waals surface area contributed by atoms with Crippen molar-refractivity contribution in [3.63, 3.8) is 0 Å². The van der Waals surface area contributed by atoms with Gasteiger partial charge in [-0.2, -0.15) is 0 Å². The third kappa shape index (κ3) is 2.22. The van der Waals surface area contributed by atoms with Gasteiger partial charge in [0.2, 0.25) is 0 Å². The first-order valence-corrected chi connectivity index (χ1v) is 7.27. The molecule has 2 aromatic carbocycles. The summed E-state index contributed by atoms with van der Waals surface area (Å²) in [6.45, 7) is 1.90. The highest BCUT2D eigenvalue weighted by Crippen LogP contribution is 2.34. The van der Waals surface area contributed by atoms with Crippen LogP contribution in [0.1, 0.15) is 22.7 Å². The molecule has 0 aliphatic heterocycles. The number of hydrogen-bond donors (Lipinski definition) is 2. The number of hydrogen-bond acceptors (Lipinski definition) is 3. The van der Waals surface area contributed by atoms with Crippen LogP contribution in [0.3, 0.4) is 0 Å². The molecule has 20 heavy (non-hydrogen) atoms. The Morgan fingerprint density at radius 1 is 1.15 bits per heavy atom. The van der Waals surface area contributed by atoms with Crippen LogP contribution in [-0.2, 0) is 0 Å². The van der Waals surface area contributed by atoms with Crippen molar-refractivity contribution in [2.75, 3.05) is 0 Å². The molecule has 3 aromatic rings. The van der Waals surface area contributed by atoms with Crippen molar-refractivity contribution in [3.05, 3.63) is 70.4 Å². The van der Waals surface area contributed by atoms with E-state index in [9.17, 15) is 4.39 Å². The monoisotopic (exact) mass is 286 g/mol. The summed E-state index contributed by atoms with van der Waals surface area (Å²) >= 11 is 1.69. The van der Waals surface area contributed by atoms with E-state index in [1.165, 1.54) is 22.2 Å². The topological polar surface area (TPSA) is 38.0 Å². The van der Waals surface area contributed by atoms with Crippen LogP contribution in [0.25, 0.3) is 10.1 Å². The Bertz CT molecular complexity index is 751. The van der Waals surface area contributed by atoms with Gasteiger partial charge in [-0.15, -0.1) is 11.3 Å². The van der Waals surface area contributed by atoms with E-state index in [0.29, 0.717) is 0 Å². The summed E-state index contributed by atoms with van der Waals surface area (Å²) < 4.78 is 14.5. The van der Waals surface area contributed by atoms with Gasteiger partial charge in [0, 0.05) is 4.70 Å². The molecule has 1 unspecified atom stereocenters. The van der Waals surface area contributed by atoms with E-state index in [2.05, 4.69) is 22.9 Å². The number of nitrogens with one attached hydrogen (secondary N) is 1. The van der Waals surface area contributed by atoms with Crippen molar-refractivity contribution < 1.29 is 4.39 Å². The van der Waals surface area contributed by atoms with Gasteiger partial charge in [0.1, 0.15) is 5.82 Å². The fraction of sp³-hybridized carbons (Fsp3) is 0.125. The van der Waals surface area contributed by atoms with Crippen LogP contribution in [0.5, 0.6) is 0 Å². The van der Waals surface area contributed by atoms with Crippen molar-refractivity contribution in [2.24, 2.45) is 5.84 Å². The Hall–Kier alpha value is -1.75.